The van der Waals surface area contributed by atoms with Crippen molar-refractivity contribution < 1.29 is 19.1 Å². The molecule has 2 aliphatic rings. The SMILES string of the molecule is CC(C)(C)OC(=O)[C@@H](N=C(c1ccccc1)c1ccccc1)[C@@H]1CC(=O)OC2(CC2)C1. The summed E-state index contributed by atoms with van der Waals surface area (Å²) >= 11 is 0. The van der Waals surface area contributed by atoms with E-state index in [1.54, 1.807) is 0 Å². The minimum Gasteiger partial charge on any atom is -0.459 e. The van der Waals surface area contributed by atoms with Gasteiger partial charge in [-0.2, -0.15) is 0 Å². The summed E-state index contributed by atoms with van der Waals surface area (Å²) in [6.07, 6.45) is 2.52. The number of carbonyl (C=O) groups is 2. The fraction of sp³-hybridized carbons (Fsp3) is 0.423. The normalized spacial score (nSPS) is 20.5. The lowest BCUT2D eigenvalue weighted by molar-refractivity contribution is -0.165. The van der Waals surface area contributed by atoms with Crippen LogP contribution < -0.4 is 0 Å². The third-order valence-electron chi connectivity index (χ3n) is 5.66. The topological polar surface area (TPSA) is 65.0 Å². The van der Waals surface area contributed by atoms with Crippen molar-refractivity contribution in [2.24, 2.45) is 10.9 Å². The summed E-state index contributed by atoms with van der Waals surface area (Å²) in [6.45, 7) is 5.54. The fourth-order valence-corrected chi connectivity index (χ4v) is 4.12. The Kier molecular flexibility index (Phi) is 5.69. The summed E-state index contributed by atoms with van der Waals surface area (Å²) in [5.74, 6) is -0.896. The molecule has 2 aromatic rings. The lowest BCUT2D eigenvalue weighted by atomic mass is 9.86. The number of aliphatic imine (C=N–C) groups is 1. The Labute approximate surface area is 183 Å². The Bertz CT molecular complexity index is 930. The average molecular weight is 420 g/mol. The molecule has 1 spiro atoms. The Morgan fingerprint density at radius 2 is 1.58 bits per heavy atom. The van der Waals surface area contributed by atoms with E-state index in [-0.39, 0.29) is 18.3 Å². The van der Waals surface area contributed by atoms with Crippen LogP contribution in [0.1, 0.15) is 57.6 Å². The van der Waals surface area contributed by atoms with Gasteiger partial charge >= 0.3 is 11.9 Å². The number of benzene rings is 2. The molecule has 31 heavy (non-hydrogen) atoms. The van der Waals surface area contributed by atoms with Gasteiger partial charge in [0.1, 0.15) is 11.2 Å². The Morgan fingerprint density at radius 3 is 2.06 bits per heavy atom. The number of nitrogens with zero attached hydrogens (tertiary/aromatic N) is 1. The average Bonchev–Trinajstić information content (AvgIpc) is 3.45. The van der Waals surface area contributed by atoms with E-state index in [1.807, 2.05) is 81.4 Å². The van der Waals surface area contributed by atoms with Crippen molar-refractivity contribution in [3.8, 4) is 0 Å². The molecule has 2 fully saturated rings. The Morgan fingerprint density at radius 1 is 1.03 bits per heavy atom. The molecule has 0 N–H and O–H groups in total. The molecule has 1 saturated heterocycles. The van der Waals surface area contributed by atoms with Crippen LogP contribution >= 0.6 is 0 Å². The first kappa shape index (κ1) is 21.3. The van der Waals surface area contributed by atoms with Crippen LogP contribution in [-0.2, 0) is 19.1 Å². The van der Waals surface area contributed by atoms with E-state index in [9.17, 15) is 9.59 Å². The molecular weight excluding hydrogens is 390 g/mol. The van der Waals surface area contributed by atoms with Crippen LogP contribution in [0.5, 0.6) is 0 Å². The standard InChI is InChI=1S/C26H29NO4/c1-25(2,3)31-24(29)23(20-16-21(28)30-26(17-20)14-15-26)27-22(18-10-6-4-7-11-18)19-12-8-5-9-13-19/h4-13,20,23H,14-17H2,1-3H3/t20-,23+/m1/s1. The van der Waals surface area contributed by atoms with Gasteiger partial charge in [0.15, 0.2) is 6.04 Å². The van der Waals surface area contributed by atoms with E-state index in [1.165, 1.54) is 0 Å². The molecule has 2 atom stereocenters. The maximum Gasteiger partial charge on any atom is 0.331 e. The molecule has 0 radical (unpaired) electrons. The summed E-state index contributed by atoms with van der Waals surface area (Å²) in [5, 5.41) is 0. The van der Waals surface area contributed by atoms with Crippen molar-refractivity contribution >= 4 is 17.7 Å². The highest BCUT2D eigenvalue weighted by molar-refractivity contribution is 6.13. The Balaban J connectivity index is 1.77. The lowest BCUT2D eigenvalue weighted by Crippen LogP contribution is -2.42. The van der Waals surface area contributed by atoms with Gasteiger partial charge in [-0.25, -0.2) is 4.79 Å². The second kappa shape index (κ2) is 8.29. The van der Waals surface area contributed by atoms with Crippen LogP contribution in [0.2, 0.25) is 0 Å². The molecular formula is C26H29NO4. The van der Waals surface area contributed by atoms with E-state index in [0.29, 0.717) is 6.42 Å². The molecule has 5 nitrogen and oxygen atoms in total. The molecule has 1 aliphatic heterocycles. The largest absolute Gasteiger partial charge is 0.459 e. The molecule has 162 valence electrons. The maximum absolute atomic E-state index is 13.3. The second-order valence-corrected chi connectivity index (χ2v) is 9.51. The summed E-state index contributed by atoms with van der Waals surface area (Å²) < 4.78 is 11.3. The zero-order valence-electron chi connectivity index (χ0n) is 18.3. The molecule has 0 unspecified atom stereocenters. The number of ether oxygens (including phenoxy) is 2. The maximum atomic E-state index is 13.3. The van der Waals surface area contributed by atoms with Gasteiger partial charge in [0.25, 0.3) is 0 Å². The van der Waals surface area contributed by atoms with Crippen LogP contribution in [0.15, 0.2) is 65.7 Å². The van der Waals surface area contributed by atoms with Crippen molar-refractivity contribution in [3.05, 3.63) is 71.8 Å². The first-order valence-electron chi connectivity index (χ1n) is 10.9. The smallest absolute Gasteiger partial charge is 0.331 e. The zero-order chi connectivity index (χ0) is 22.1. The van der Waals surface area contributed by atoms with Crippen molar-refractivity contribution in [2.45, 2.75) is 63.7 Å². The van der Waals surface area contributed by atoms with E-state index < -0.39 is 23.2 Å². The van der Waals surface area contributed by atoms with E-state index >= 15 is 0 Å². The monoisotopic (exact) mass is 419 g/mol. The molecule has 0 bridgehead atoms. The van der Waals surface area contributed by atoms with Crippen molar-refractivity contribution in [1.29, 1.82) is 0 Å². The van der Waals surface area contributed by atoms with Gasteiger partial charge in [-0.1, -0.05) is 60.7 Å². The molecule has 0 aromatic heterocycles. The summed E-state index contributed by atoms with van der Waals surface area (Å²) in [5.41, 5.74) is 1.51. The van der Waals surface area contributed by atoms with Gasteiger partial charge in [-0.15, -0.1) is 0 Å². The van der Waals surface area contributed by atoms with Crippen LogP contribution in [0.3, 0.4) is 0 Å². The molecule has 1 aliphatic carbocycles. The minimum absolute atomic E-state index is 0.173. The number of esters is 2. The van der Waals surface area contributed by atoms with Gasteiger partial charge < -0.3 is 9.47 Å². The van der Waals surface area contributed by atoms with E-state index in [4.69, 9.17) is 14.5 Å². The Hall–Kier alpha value is -2.95. The lowest BCUT2D eigenvalue weighted by Gasteiger charge is -2.33. The van der Waals surface area contributed by atoms with E-state index in [2.05, 4.69) is 0 Å². The van der Waals surface area contributed by atoms with Crippen molar-refractivity contribution in [3.63, 3.8) is 0 Å². The summed E-state index contributed by atoms with van der Waals surface area (Å²) in [6, 6.07) is 18.9. The van der Waals surface area contributed by atoms with Crippen molar-refractivity contribution in [2.75, 3.05) is 0 Å². The predicted octanol–water partition coefficient (Wildman–Crippen LogP) is 4.72. The van der Waals surface area contributed by atoms with Gasteiger partial charge in [-0.3, -0.25) is 9.79 Å². The highest BCUT2D eigenvalue weighted by Gasteiger charge is 2.54. The summed E-state index contributed by atoms with van der Waals surface area (Å²) in [4.78, 5) is 30.6. The van der Waals surface area contributed by atoms with Gasteiger partial charge in [0.05, 0.1) is 12.1 Å². The number of hydrogen-bond acceptors (Lipinski definition) is 5. The molecule has 5 heteroatoms. The molecule has 4 rings (SSSR count). The second-order valence-electron chi connectivity index (χ2n) is 9.51. The van der Waals surface area contributed by atoms with Gasteiger partial charge in [0, 0.05) is 17.0 Å². The molecule has 0 amide bonds. The van der Waals surface area contributed by atoms with Gasteiger partial charge in [0.2, 0.25) is 0 Å². The van der Waals surface area contributed by atoms with E-state index in [0.717, 1.165) is 29.7 Å². The molecule has 1 saturated carbocycles. The number of rotatable bonds is 5. The fourth-order valence-electron chi connectivity index (χ4n) is 4.12. The van der Waals surface area contributed by atoms with Crippen molar-refractivity contribution in [1.82, 2.24) is 0 Å². The number of carbonyl (C=O) groups excluding carboxylic acids is 2. The minimum atomic E-state index is -0.778. The van der Waals surface area contributed by atoms with Crippen LogP contribution in [0, 0.1) is 5.92 Å². The molecule has 1 heterocycles. The van der Waals surface area contributed by atoms with Crippen LogP contribution in [-0.4, -0.2) is 34.9 Å². The summed E-state index contributed by atoms with van der Waals surface area (Å²) in [7, 11) is 0. The number of hydrogen-bond donors (Lipinski definition) is 0. The quantitative estimate of drug-likeness (QED) is 0.520. The predicted molar refractivity (Wildman–Crippen MR) is 119 cm³/mol. The van der Waals surface area contributed by atoms with Crippen LogP contribution in [0.25, 0.3) is 0 Å². The highest BCUT2D eigenvalue weighted by atomic mass is 16.6. The third kappa shape index (κ3) is 5.22. The molecule has 2 aromatic carbocycles. The van der Waals surface area contributed by atoms with Gasteiger partial charge in [-0.05, 0) is 40.0 Å². The zero-order valence-corrected chi connectivity index (χ0v) is 18.3. The first-order chi connectivity index (χ1) is 14.7. The highest BCUT2D eigenvalue weighted by Crippen LogP contribution is 2.49. The van der Waals surface area contributed by atoms with Crippen LogP contribution in [0.4, 0.5) is 0 Å². The first-order valence-corrected chi connectivity index (χ1v) is 10.9. The third-order valence-corrected chi connectivity index (χ3v) is 5.66.